The number of carboxylic acid groups (broad SMARTS) is 2. The van der Waals surface area contributed by atoms with E-state index < -0.39 is 11.9 Å². The Hall–Kier alpha value is -4.60. The summed E-state index contributed by atoms with van der Waals surface area (Å²) in [7, 11) is 0. The molecule has 0 saturated heterocycles. The minimum atomic E-state index is -0.953. The number of aliphatic carboxylic acids is 2. The van der Waals surface area contributed by atoms with Gasteiger partial charge in [-0.3, -0.25) is 19.2 Å². The maximum atomic E-state index is 12.5. The van der Waals surface area contributed by atoms with Crippen molar-refractivity contribution in [2.75, 3.05) is 0 Å². The molecule has 226 valence electrons. The normalized spacial score (nSPS) is 15.1. The molecule has 43 heavy (non-hydrogen) atoms. The number of nitrogens with one attached hydrogen (secondary N) is 2. The highest BCUT2D eigenvalue weighted by atomic mass is 16.4. The number of hydrogen-bond acceptors (Lipinski definition) is 4. The maximum Gasteiger partial charge on any atom is 0.303 e. The molecule has 0 aromatic carbocycles. The Labute approximate surface area is 250 Å². The van der Waals surface area contributed by atoms with Crippen molar-refractivity contribution in [3.05, 3.63) is 73.9 Å². The third-order valence-corrected chi connectivity index (χ3v) is 8.59. The molecule has 0 bridgehead atoms. The van der Waals surface area contributed by atoms with Crippen molar-refractivity contribution in [1.29, 1.82) is 0 Å². The SMILES string of the molecule is C=Cc1c(CC2=NC(=O)C(CCC(=O)O)=C2C)[nH]c(Cc2[nH]c(CC3=NC(=O)C(CCC(=O)O)=C3C)c(C)c2CC)c1C. The van der Waals surface area contributed by atoms with Crippen molar-refractivity contribution in [1.82, 2.24) is 9.97 Å². The van der Waals surface area contributed by atoms with Crippen molar-refractivity contribution in [3.8, 4) is 0 Å². The number of carbonyl (C=O) groups excluding carboxylic acids is 2. The highest BCUT2D eigenvalue weighted by Crippen LogP contribution is 2.30. The number of amides is 2. The molecule has 4 rings (SSSR count). The van der Waals surface area contributed by atoms with Crippen LogP contribution in [-0.2, 0) is 44.9 Å². The number of aromatic amines is 2. The van der Waals surface area contributed by atoms with Crippen LogP contribution in [-0.4, -0.2) is 55.4 Å². The lowest BCUT2D eigenvalue weighted by Crippen LogP contribution is -2.05. The second-order valence-corrected chi connectivity index (χ2v) is 11.1. The van der Waals surface area contributed by atoms with Crippen LogP contribution in [0, 0.1) is 13.8 Å². The first-order chi connectivity index (χ1) is 20.4. The van der Waals surface area contributed by atoms with E-state index in [0.29, 0.717) is 41.8 Å². The number of nitrogens with zero attached hydrogens (tertiary/aromatic N) is 2. The van der Waals surface area contributed by atoms with Crippen LogP contribution in [0.3, 0.4) is 0 Å². The van der Waals surface area contributed by atoms with Gasteiger partial charge in [0.1, 0.15) is 0 Å². The number of aliphatic imine (C=N–C) groups is 2. The van der Waals surface area contributed by atoms with Gasteiger partial charge < -0.3 is 20.2 Å². The topological polar surface area (TPSA) is 165 Å². The molecular formula is C33H38N4O6. The summed E-state index contributed by atoms with van der Waals surface area (Å²) >= 11 is 0. The quantitative estimate of drug-likeness (QED) is 0.239. The summed E-state index contributed by atoms with van der Waals surface area (Å²) in [5.41, 5.74) is 11.9. The third kappa shape index (κ3) is 6.43. The van der Waals surface area contributed by atoms with Gasteiger partial charge in [0, 0.05) is 66.0 Å². The van der Waals surface area contributed by atoms with Gasteiger partial charge in [-0.2, -0.15) is 0 Å². The summed E-state index contributed by atoms with van der Waals surface area (Å²) in [4.78, 5) is 62.6. The van der Waals surface area contributed by atoms with Gasteiger partial charge in [0.05, 0.1) is 11.4 Å². The van der Waals surface area contributed by atoms with E-state index >= 15 is 0 Å². The average molecular weight is 587 g/mol. The number of allylic oxidation sites excluding steroid dienone is 2. The molecular weight excluding hydrogens is 548 g/mol. The standard InChI is InChI=1S/C33H38N4O6/c1-7-20-16(3)24(13-26-18(5)22(32(42)36-26)9-11-30(38)39)34-28(20)14-25-17(4)21(8-2)29(35-25)15-27-19(6)23(33(43)37-27)10-12-31(40)41/h8,34-35H,2,7,9-15H2,1,3-6H3,(H,38,39)(H,40,41). The Morgan fingerprint density at radius 3 is 1.67 bits per heavy atom. The van der Waals surface area contributed by atoms with Crippen LogP contribution in [0.15, 0.2) is 38.9 Å². The monoisotopic (exact) mass is 586 g/mol. The van der Waals surface area contributed by atoms with Gasteiger partial charge in [-0.15, -0.1) is 0 Å². The first-order valence-electron chi connectivity index (χ1n) is 14.5. The number of carboxylic acids is 2. The molecule has 0 fully saturated rings. The summed E-state index contributed by atoms with van der Waals surface area (Å²) in [5.74, 6) is -2.62. The molecule has 0 unspecified atom stereocenters. The third-order valence-electron chi connectivity index (χ3n) is 8.59. The van der Waals surface area contributed by atoms with E-state index in [9.17, 15) is 19.2 Å². The summed E-state index contributed by atoms with van der Waals surface area (Å²) in [6.07, 6.45) is 4.15. The number of H-pyrrole nitrogens is 2. The van der Waals surface area contributed by atoms with Crippen molar-refractivity contribution in [2.24, 2.45) is 9.98 Å². The second kappa shape index (κ2) is 12.7. The van der Waals surface area contributed by atoms with Gasteiger partial charge in [-0.1, -0.05) is 19.6 Å². The number of rotatable bonds is 14. The molecule has 0 atom stereocenters. The number of carbonyl (C=O) groups is 4. The molecule has 4 N–H and O–H groups in total. The van der Waals surface area contributed by atoms with Gasteiger partial charge in [0.15, 0.2) is 0 Å². The zero-order valence-electron chi connectivity index (χ0n) is 25.4. The molecule has 0 saturated carbocycles. The van der Waals surface area contributed by atoms with Crippen LogP contribution in [0.5, 0.6) is 0 Å². The van der Waals surface area contributed by atoms with Crippen molar-refractivity contribution in [2.45, 2.75) is 86.0 Å². The fourth-order valence-electron chi connectivity index (χ4n) is 6.02. The van der Waals surface area contributed by atoms with Crippen molar-refractivity contribution in [3.63, 3.8) is 0 Å². The fraction of sp³-hybridized carbons (Fsp3) is 0.394. The molecule has 2 aliphatic heterocycles. The van der Waals surface area contributed by atoms with E-state index in [1.165, 1.54) is 5.56 Å². The van der Waals surface area contributed by atoms with E-state index in [-0.39, 0.29) is 37.5 Å². The number of hydrogen-bond donors (Lipinski definition) is 4. The summed E-state index contributed by atoms with van der Waals surface area (Å²) < 4.78 is 0. The highest BCUT2D eigenvalue weighted by molar-refractivity contribution is 6.20. The van der Waals surface area contributed by atoms with Crippen molar-refractivity contribution >= 4 is 41.3 Å². The molecule has 0 spiro atoms. The van der Waals surface area contributed by atoms with Crippen molar-refractivity contribution < 1.29 is 29.4 Å². The number of aromatic nitrogens is 2. The van der Waals surface area contributed by atoms with Crippen LogP contribution in [0.4, 0.5) is 0 Å². The van der Waals surface area contributed by atoms with Gasteiger partial charge in [-0.25, -0.2) is 9.98 Å². The van der Waals surface area contributed by atoms with Gasteiger partial charge in [-0.05, 0) is 80.4 Å². The summed E-state index contributed by atoms with van der Waals surface area (Å²) in [6.45, 7) is 13.8. The van der Waals surface area contributed by atoms with Gasteiger partial charge >= 0.3 is 11.9 Å². The molecule has 0 radical (unpaired) electrons. The fourth-order valence-corrected chi connectivity index (χ4v) is 6.02. The summed E-state index contributed by atoms with van der Waals surface area (Å²) in [5, 5.41) is 18.1. The predicted octanol–water partition coefficient (Wildman–Crippen LogP) is 5.17. The Morgan fingerprint density at radius 1 is 0.744 bits per heavy atom. The lowest BCUT2D eigenvalue weighted by molar-refractivity contribution is -0.138. The molecule has 2 amide bonds. The second-order valence-electron chi connectivity index (χ2n) is 11.1. The van der Waals surface area contributed by atoms with E-state index in [1.807, 2.05) is 20.8 Å². The van der Waals surface area contributed by atoms with Gasteiger partial charge in [0.2, 0.25) is 0 Å². The van der Waals surface area contributed by atoms with Crippen LogP contribution in [0.1, 0.15) is 91.5 Å². The van der Waals surface area contributed by atoms with Crippen LogP contribution in [0.25, 0.3) is 6.08 Å². The summed E-state index contributed by atoms with van der Waals surface area (Å²) in [6, 6.07) is 0. The molecule has 10 heteroatoms. The molecule has 0 aliphatic carbocycles. The Morgan fingerprint density at radius 2 is 1.21 bits per heavy atom. The minimum absolute atomic E-state index is 0.109. The molecule has 10 nitrogen and oxygen atoms in total. The Balaban J connectivity index is 1.58. The first kappa shape index (κ1) is 31.3. The zero-order valence-corrected chi connectivity index (χ0v) is 25.4. The predicted molar refractivity (Wildman–Crippen MR) is 165 cm³/mol. The highest BCUT2D eigenvalue weighted by Gasteiger charge is 2.27. The minimum Gasteiger partial charge on any atom is -0.481 e. The van der Waals surface area contributed by atoms with Crippen LogP contribution >= 0.6 is 0 Å². The lowest BCUT2D eigenvalue weighted by atomic mass is 9.98. The first-order valence-corrected chi connectivity index (χ1v) is 14.5. The van der Waals surface area contributed by atoms with E-state index in [4.69, 9.17) is 10.2 Å². The van der Waals surface area contributed by atoms with E-state index in [1.54, 1.807) is 6.08 Å². The Kier molecular flexibility index (Phi) is 9.27. The molecule has 2 aliphatic rings. The van der Waals surface area contributed by atoms with Gasteiger partial charge in [0.25, 0.3) is 11.8 Å². The molecule has 2 aromatic rings. The Bertz CT molecular complexity index is 1670. The maximum absolute atomic E-state index is 12.5. The molecule has 4 heterocycles. The molecule has 2 aromatic heterocycles. The largest absolute Gasteiger partial charge is 0.481 e. The smallest absolute Gasteiger partial charge is 0.303 e. The van der Waals surface area contributed by atoms with Crippen LogP contribution in [0.2, 0.25) is 0 Å². The van der Waals surface area contributed by atoms with E-state index in [0.717, 1.165) is 57.0 Å². The zero-order chi connectivity index (χ0) is 31.6. The average Bonchev–Trinajstić information content (AvgIpc) is 3.58. The van der Waals surface area contributed by atoms with E-state index in [2.05, 4.69) is 40.4 Å². The van der Waals surface area contributed by atoms with Crippen LogP contribution < -0.4 is 0 Å². The lowest BCUT2D eigenvalue weighted by Gasteiger charge is -2.04.